The summed E-state index contributed by atoms with van der Waals surface area (Å²) in [5.74, 6) is 2.00. The molecule has 4 nitrogen and oxygen atoms in total. The molecule has 0 aromatic heterocycles. The summed E-state index contributed by atoms with van der Waals surface area (Å²) in [6.07, 6.45) is 4.85. The van der Waals surface area contributed by atoms with Gasteiger partial charge in [0.2, 0.25) is 0 Å². The number of ether oxygens (including phenoxy) is 1. The zero-order valence-corrected chi connectivity index (χ0v) is 16.5. The molecule has 3 unspecified atom stereocenters. The predicted molar refractivity (Wildman–Crippen MR) is 101 cm³/mol. The highest BCUT2D eigenvalue weighted by Crippen LogP contribution is 2.55. The van der Waals surface area contributed by atoms with Gasteiger partial charge in [-0.2, -0.15) is 0 Å². The third-order valence-corrected chi connectivity index (χ3v) is 6.82. The van der Waals surface area contributed by atoms with Crippen LogP contribution in [0.15, 0.2) is 18.2 Å². The molecule has 4 fully saturated rings. The second kappa shape index (κ2) is 6.13. The Labute approximate surface area is 160 Å². The second-order valence-electron chi connectivity index (χ2n) is 9.22. The Bertz CT molecular complexity index is 716. The van der Waals surface area contributed by atoms with Crippen LogP contribution in [0.1, 0.15) is 51.5 Å². The Morgan fingerprint density at radius 3 is 2.50 bits per heavy atom. The van der Waals surface area contributed by atoms with Crippen LogP contribution >= 0.6 is 11.6 Å². The van der Waals surface area contributed by atoms with E-state index in [9.17, 15) is 9.90 Å². The van der Waals surface area contributed by atoms with E-state index in [4.69, 9.17) is 16.3 Å². The van der Waals surface area contributed by atoms with Crippen molar-refractivity contribution in [2.24, 2.45) is 17.8 Å². The maximum atomic E-state index is 13.0. The maximum absolute atomic E-state index is 13.0. The Morgan fingerprint density at radius 2 is 1.92 bits per heavy atom. The first-order valence-corrected chi connectivity index (χ1v) is 10.0. The normalized spacial score (nSPS) is 35.4. The third kappa shape index (κ3) is 3.22. The molecule has 0 radical (unpaired) electrons. The SMILES string of the molecule is Cc1cc(Cl)ccc1OC(C)(C)C(=O)NC1[C@@H]2CC3C[C@H]1CC(O)(C3)C2. The standard InChI is InChI=1S/C21H28ClNO3/c1-12-6-16(22)4-5-17(12)26-20(2,3)19(24)23-18-14-7-13-8-15(18)11-21(25,9-13)10-14/h4-6,13-15,18,25H,7-11H2,1-3H3,(H,23,24)/t13?,14-,15+,18?,21?. The number of amides is 1. The Kier molecular flexibility index (Phi) is 4.27. The summed E-state index contributed by atoms with van der Waals surface area (Å²) in [4.78, 5) is 13.0. The van der Waals surface area contributed by atoms with Gasteiger partial charge in [-0.25, -0.2) is 0 Å². The number of nitrogens with one attached hydrogen (secondary N) is 1. The maximum Gasteiger partial charge on any atom is 0.263 e. The lowest BCUT2D eigenvalue weighted by molar-refractivity contribution is -0.152. The monoisotopic (exact) mass is 377 g/mol. The van der Waals surface area contributed by atoms with Gasteiger partial charge in [-0.05, 0) is 94.4 Å². The van der Waals surface area contributed by atoms with E-state index >= 15 is 0 Å². The van der Waals surface area contributed by atoms with E-state index < -0.39 is 11.2 Å². The molecule has 4 saturated carbocycles. The molecule has 4 bridgehead atoms. The van der Waals surface area contributed by atoms with Crippen LogP contribution in [-0.4, -0.2) is 28.3 Å². The Hall–Kier alpha value is -1.26. The smallest absolute Gasteiger partial charge is 0.263 e. The van der Waals surface area contributed by atoms with Crippen LogP contribution in [0.3, 0.4) is 0 Å². The molecule has 4 aliphatic rings. The van der Waals surface area contributed by atoms with Crippen molar-refractivity contribution in [1.29, 1.82) is 0 Å². The lowest BCUT2D eigenvalue weighted by Crippen LogP contribution is -2.63. The summed E-state index contributed by atoms with van der Waals surface area (Å²) in [5.41, 5.74) is -0.538. The molecule has 4 aliphatic carbocycles. The molecule has 1 aromatic carbocycles. The molecule has 0 heterocycles. The zero-order chi connectivity index (χ0) is 18.7. The fraction of sp³-hybridized carbons (Fsp3) is 0.667. The molecule has 142 valence electrons. The van der Waals surface area contributed by atoms with Crippen molar-refractivity contribution < 1.29 is 14.6 Å². The number of carbonyl (C=O) groups excluding carboxylic acids is 1. The van der Waals surface area contributed by atoms with Crippen LogP contribution in [0, 0.1) is 24.7 Å². The Morgan fingerprint density at radius 1 is 1.27 bits per heavy atom. The molecule has 1 amide bonds. The first kappa shape index (κ1) is 18.1. The minimum atomic E-state index is -0.968. The van der Waals surface area contributed by atoms with Crippen LogP contribution in [0.5, 0.6) is 5.75 Å². The molecule has 5 atom stereocenters. The van der Waals surface area contributed by atoms with Crippen molar-refractivity contribution in [3.63, 3.8) is 0 Å². The molecule has 2 N–H and O–H groups in total. The lowest BCUT2D eigenvalue weighted by Gasteiger charge is -2.58. The fourth-order valence-corrected chi connectivity index (χ4v) is 5.82. The van der Waals surface area contributed by atoms with E-state index in [1.165, 1.54) is 0 Å². The number of carbonyl (C=O) groups is 1. The molecular weight excluding hydrogens is 350 g/mol. The molecule has 0 saturated heterocycles. The van der Waals surface area contributed by atoms with Gasteiger partial charge in [-0.3, -0.25) is 4.79 Å². The largest absolute Gasteiger partial charge is 0.478 e. The highest BCUT2D eigenvalue weighted by Gasteiger charge is 2.55. The van der Waals surface area contributed by atoms with E-state index in [0.717, 1.165) is 37.7 Å². The van der Waals surface area contributed by atoms with E-state index in [-0.39, 0.29) is 11.9 Å². The third-order valence-electron chi connectivity index (χ3n) is 6.59. The first-order valence-electron chi connectivity index (χ1n) is 9.64. The average Bonchev–Trinajstić information content (AvgIpc) is 2.51. The van der Waals surface area contributed by atoms with Gasteiger partial charge in [0.1, 0.15) is 5.75 Å². The number of aliphatic hydroxyl groups is 1. The van der Waals surface area contributed by atoms with Crippen molar-refractivity contribution in [2.75, 3.05) is 0 Å². The summed E-state index contributed by atoms with van der Waals surface area (Å²) in [6.45, 7) is 5.54. The van der Waals surface area contributed by atoms with Gasteiger partial charge in [0.15, 0.2) is 5.60 Å². The number of benzene rings is 1. The molecule has 26 heavy (non-hydrogen) atoms. The number of hydrogen-bond donors (Lipinski definition) is 2. The fourth-order valence-electron chi connectivity index (χ4n) is 5.59. The van der Waals surface area contributed by atoms with E-state index in [0.29, 0.717) is 28.5 Å². The van der Waals surface area contributed by atoms with Crippen molar-refractivity contribution in [1.82, 2.24) is 5.32 Å². The van der Waals surface area contributed by atoms with Gasteiger partial charge >= 0.3 is 0 Å². The van der Waals surface area contributed by atoms with Gasteiger partial charge in [0.05, 0.1) is 5.60 Å². The molecule has 1 aromatic rings. The van der Waals surface area contributed by atoms with Crippen LogP contribution in [-0.2, 0) is 4.79 Å². The van der Waals surface area contributed by atoms with Gasteiger partial charge in [-0.15, -0.1) is 0 Å². The summed E-state index contributed by atoms with van der Waals surface area (Å²) in [5, 5.41) is 14.6. The molecule has 5 rings (SSSR count). The highest BCUT2D eigenvalue weighted by atomic mass is 35.5. The van der Waals surface area contributed by atoms with Gasteiger partial charge in [0.25, 0.3) is 5.91 Å². The van der Waals surface area contributed by atoms with Gasteiger partial charge < -0.3 is 15.2 Å². The summed E-state index contributed by atoms with van der Waals surface area (Å²) in [7, 11) is 0. The summed E-state index contributed by atoms with van der Waals surface area (Å²) < 4.78 is 6.04. The van der Waals surface area contributed by atoms with E-state index in [1.54, 1.807) is 19.9 Å². The zero-order valence-electron chi connectivity index (χ0n) is 15.7. The first-order chi connectivity index (χ1) is 12.2. The number of rotatable bonds is 4. The minimum absolute atomic E-state index is 0.0867. The average molecular weight is 378 g/mol. The lowest BCUT2D eigenvalue weighted by atomic mass is 9.52. The highest BCUT2D eigenvalue weighted by molar-refractivity contribution is 6.30. The number of aryl methyl sites for hydroxylation is 1. The van der Waals surface area contributed by atoms with Crippen molar-refractivity contribution in [2.45, 2.75) is 70.1 Å². The van der Waals surface area contributed by atoms with Crippen molar-refractivity contribution >= 4 is 17.5 Å². The summed E-state index contributed by atoms with van der Waals surface area (Å²) >= 11 is 6.01. The molecular formula is C21H28ClNO3. The number of halogens is 1. The minimum Gasteiger partial charge on any atom is -0.478 e. The topological polar surface area (TPSA) is 58.6 Å². The van der Waals surface area contributed by atoms with Crippen molar-refractivity contribution in [3.8, 4) is 5.75 Å². The molecule has 5 heteroatoms. The number of hydrogen-bond acceptors (Lipinski definition) is 3. The van der Waals surface area contributed by atoms with Crippen LogP contribution < -0.4 is 10.1 Å². The van der Waals surface area contributed by atoms with Crippen LogP contribution in [0.4, 0.5) is 0 Å². The quantitative estimate of drug-likeness (QED) is 0.837. The summed E-state index contributed by atoms with van der Waals surface area (Å²) in [6, 6.07) is 5.58. The van der Waals surface area contributed by atoms with Gasteiger partial charge in [0, 0.05) is 11.1 Å². The molecule has 0 aliphatic heterocycles. The second-order valence-corrected chi connectivity index (χ2v) is 9.65. The predicted octanol–water partition coefficient (Wildman–Crippen LogP) is 3.86. The van der Waals surface area contributed by atoms with Crippen molar-refractivity contribution in [3.05, 3.63) is 28.8 Å². The Balaban J connectivity index is 1.45. The van der Waals surface area contributed by atoms with Crippen LogP contribution in [0.2, 0.25) is 5.02 Å². The molecule has 0 spiro atoms. The van der Waals surface area contributed by atoms with Crippen LogP contribution in [0.25, 0.3) is 0 Å². The van der Waals surface area contributed by atoms with Gasteiger partial charge in [-0.1, -0.05) is 11.6 Å². The van der Waals surface area contributed by atoms with E-state index in [2.05, 4.69) is 5.32 Å². The van der Waals surface area contributed by atoms with E-state index in [1.807, 2.05) is 19.1 Å².